The third-order valence-corrected chi connectivity index (χ3v) is 6.22. The fourth-order valence-corrected chi connectivity index (χ4v) is 4.22. The van der Waals surface area contributed by atoms with E-state index in [1.807, 2.05) is 11.1 Å². The summed E-state index contributed by atoms with van der Waals surface area (Å²) < 4.78 is 0. The molecule has 0 heteroatoms. The van der Waals surface area contributed by atoms with Gasteiger partial charge in [-0.05, 0) is 32.1 Å². The molecule has 0 saturated heterocycles. The van der Waals surface area contributed by atoms with E-state index in [0.29, 0.717) is 0 Å². The average molecular weight is 363 g/mol. The molecule has 1 rings (SSSR count). The topological polar surface area (TPSA) is 0 Å². The van der Waals surface area contributed by atoms with Crippen molar-refractivity contribution >= 4 is 0 Å². The molecule has 1 aliphatic rings. The zero-order valence-electron chi connectivity index (χ0n) is 18.6. The standard InChI is InChI=1S/C26H50/c1-3-5-7-9-11-12-13-14-15-16-17-19-21-23-26-24-25(26)22-20-18-10-8-6-4-2/h3-24H2,1-2H3. The molecular formula is C26H50. The molecular weight excluding hydrogens is 312 g/mol. The molecule has 0 spiro atoms. The predicted molar refractivity (Wildman–Crippen MR) is 120 cm³/mol. The summed E-state index contributed by atoms with van der Waals surface area (Å²) in [5.74, 6) is 0. The summed E-state index contributed by atoms with van der Waals surface area (Å²) in [7, 11) is 0. The van der Waals surface area contributed by atoms with Crippen LogP contribution in [0.3, 0.4) is 0 Å². The molecule has 0 aromatic rings. The molecule has 0 N–H and O–H groups in total. The van der Waals surface area contributed by atoms with E-state index in [2.05, 4.69) is 13.8 Å². The lowest BCUT2D eigenvalue weighted by Crippen LogP contribution is -1.83. The van der Waals surface area contributed by atoms with E-state index in [1.165, 1.54) is 141 Å². The van der Waals surface area contributed by atoms with Gasteiger partial charge in [0, 0.05) is 0 Å². The van der Waals surface area contributed by atoms with Gasteiger partial charge in [0.2, 0.25) is 0 Å². The van der Waals surface area contributed by atoms with Crippen LogP contribution in [0.15, 0.2) is 11.1 Å². The molecule has 0 saturated carbocycles. The number of allylic oxidation sites excluding steroid dienone is 2. The predicted octanol–water partition coefficient (Wildman–Crippen LogP) is 9.92. The van der Waals surface area contributed by atoms with Gasteiger partial charge in [-0.15, -0.1) is 0 Å². The highest BCUT2D eigenvalue weighted by Gasteiger charge is 2.19. The first-order chi connectivity index (χ1) is 12.9. The second-order valence-electron chi connectivity index (χ2n) is 8.89. The highest BCUT2D eigenvalue weighted by molar-refractivity contribution is 5.34. The maximum absolute atomic E-state index is 2.30. The van der Waals surface area contributed by atoms with Crippen molar-refractivity contribution in [2.24, 2.45) is 0 Å². The molecule has 1 aliphatic carbocycles. The molecule has 154 valence electrons. The van der Waals surface area contributed by atoms with Crippen LogP contribution in [0.2, 0.25) is 0 Å². The van der Waals surface area contributed by atoms with E-state index in [4.69, 9.17) is 0 Å². The van der Waals surface area contributed by atoms with Crippen molar-refractivity contribution in [2.45, 2.75) is 155 Å². The van der Waals surface area contributed by atoms with E-state index in [-0.39, 0.29) is 0 Å². The molecule has 0 heterocycles. The van der Waals surface area contributed by atoms with Crippen LogP contribution in [0.1, 0.15) is 155 Å². The van der Waals surface area contributed by atoms with Crippen molar-refractivity contribution in [1.82, 2.24) is 0 Å². The lowest BCUT2D eigenvalue weighted by Gasteiger charge is -2.02. The molecule has 0 amide bonds. The molecule has 0 fully saturated rings. The first-order valence-electron chi connectivity index (χ1n) is 12.6. The van der Waals surface area contributed by atoms with Gasteiger partial charge in [0.25, 0.3) is 0 Å². The molecule has 0 aliphatic heterocycles. The SMILES string of the molecule is CCCCCCCCCCCCCCCC1=C(CCCCCCCC)C1. The van der Waals surface area contributed by atoms with Gasteiger partial charge < -0.3 is 0 Å². The van der Waals surface area contributed by atoms with E-state index in [0.717, 1.165) is 0 Å². The normalized spacial score (nSPS) is 13.6. The first kappa shape index (κ1) is 23.8. The second-order valence-corrected chi connectivity index (χ2v) is 8.89. The monoisotopic (exact) mass is 362 g/mol. The summed E-state index contributed by atoms with van der Waals surface area (Å²) in [5.41, 5.74) is 3.70. The highest BCUT2D eigenvalue weighted by atomic mass is 14.2. The number of unbranched alkanes of at least 4 members (excludes halogenated alkanes) is 17. The van der Waals surface area contributed by atoms with Crippen molar-refractivity contribution in [2.75, 3.05) is 0 Å². The third-order valence-electron chi connectivity index (χ3n) is 6.22. The van der Waals surface area contributed by atoms with Crippen LogP contribution in [0.25, 0.3) is 0 Å². The van der Waals surface area contributed by atoms with Gasteiger partial charge >= 0.3 is 0 Å². The minimum Gasteiger partial charge on any atom is -0.0666 e. The Morgan fingerprint density at radius 1 is 0.385 bits per heavy atom. The fourth-order valence-electron chi connectivity index (χ4n) is 4.22. The Morgan fingerprint density at radius 3 is 0.962 bits per heavy atom. The van der Waals surface area contributed by atoms with Crippen LogP contribution >= 0.6 is 0 Å². The highest BCUT2D eigenvalue weighted by Crippen LogP contribution is 2.38. The molecule has 0 aromatic heterocycles. The second kappa shape index (κ2) is 18.1. The summed E-state index contributed by atoms with van der Waals surface area (Å²) in [6.07, 6.45) is 32.0. The Hall–Kier alpha value is -0.260. The molecule has 0 nitrogen and oxygen atoms in total. The van der Waals surface area contributed by atoms with Crippen molar-refractivity contribution in [1.29, 1.82) is 0 Å². The first-order valence-corrected chi connectivity index (χ1v) is 12.6. The average Bonchev–Trinajstić information content (AvgIpc) is 3.40. The van der Waals surface area contributed by atoms with Gasteiger partial charge in [-0.1, -0.05) is 134 Å². The van der Waals surface area contributed by atoms with Crippen molar-refractivity contribution in [3.05, 3.63) is 11.1 Å². The molecule has 26 heavy (non-hydrogen) atoms. The van der Waals surface area contributed by atoms with Crippen LogP contribution in [0, 0.1) is 0 Å². The maximum atomic E-state index is 2.30. The zero-order chi connectivity index (χ0) is 18.7. The molecule has 0 aromatic carbocycles. The van der Waals surface area contributed by atoms with Gasteiger partial charge in [-0.2, -0.15) is 0 Å². The number of rotatable bonds is 21. The third kappa shape index (κ3) is 14.9. The Morgan fingerprint density at radius 2 is 0.654 bits per heavy atom. The van der Waals surface area contributed by atoms with Crippen LogP contribution in [0.5, 0.6) is 0 Å². The van der Waals surface area contributed by atoms with Gasteiger partial charge in [0.1, 0.15) is 0 Å². The Labute approximate surface area is 166 Å². The summed E-state index contributed by atoms with van der Waals surface area (Å²) >= 11 is 0. The van der Waals surface area contributed by atoms with Crippen LogP contribution in [-0.4, -0.2) is 0 Å². The Balaban J connectivity index is 1.74. The number of hydrogen-bond acceptors (Lipinski definition) is 0. The van der Waals surface area contributed by atoms with Gasteiger partial charge in [-0.25, -0.2) is 0 Å². The van der Waals surface area contributed by atoms with Crippen LogP contribution in [-0.2, 0) is 0 Å². The molecule has 0 atom stereocenters. The lowest BCUT2D eigenvalue weighted by atomic mass is 10.0. The van der Waals surface area contributed by atoms with E-state index in [1.54, 1.807) is 0 Å². The van der Waals surface area contributed by atoms with Crippen LogP contribution in [0.4, 0.5) is 0 Å². The Kier molecular flexibility index (Phi) is 16.6. The van der Waals surface area contributed by atoms with E-state index >= 15 is 0 Å². The minimum absolute atomic E-state index is 1.37. The van der Waals surface area contributed by atoms with Crippen molar-refractivity contribution < 1.29 is 0 Å². The van der Waals surface area contributed by atoms with Gasteiger partial charge in [0.15, 0.2) is 0 Å². The van der Waals surface area contributed by atoms with E-state index < -0.39 is 0 Å². The summed E-state index contributed by atoms with van der Waals surface area (Å²) in [5, 5.41) is 0. The molecule has 0 bridgehead atoms. The van der Waals surface area contributed by atoms with Crippen LogP contribution < -0.4 is 0 Å². The smallest absolute Gasteiger partial charge is 0.0103 e. The Bertz CT molecular complexity index is 325. The largest absolute Gasteiger partial charge is 0.0666 e. The fraction of sp³-hybridized carbons (Fsp3) is 0.923. The lowest BCUT2D eigenvalue weighted by molar-refractivity contribution is 0.539. The van der Waals surface area contributed by atoms with Crippen molar-refractivity contribution in [3.8, 4) is 0 Å². The van der Waals surface area contributed by atoms with Gasteiger partial charge in [0.05, 0.1) is 0 Å². The summed E-state index contributed by atoms with van der Waals surface area (Å²) in [4.78, 5) is 0. The maximum Gasteiger partial charge on any atom is -0.0103 e. The number of hydrogen-bond donors (Lipinski definition) is 0. The van der Waals surface area contributed by atoms with Crippen molar-refractivity contribution in [3.63, 3.8) is 0 Å². The summed E-state index contributed by atoms with van der Waals surface area (Å²) in [6, 6.07) is 0. The molecule has 0 radical (unpaired) electrons. The molecule has 0 unspecified atom stereocenters. The zero-order valence-corrected chi connectivity index (χ0v) is 18.6. The summed E-state index contributed by atoms with van der Waals surface area (Å²) in [6.45, 7) is 4.61. The van der Waals surface area contributed by atoms with Gasteiger partial charge in [-0.3, -0.25) is 0 Å². The quantitative estimate of drug-likeness (QED) is 0.141. The minimum atomic E-state index is 1.37. The van der Waals surface area contributed by atoms with E-state index in [9.17, 15) is 0 Å².